The second-order valence-corrected chi connectivity index (χ2v) is 3.64. The molecule has 0 unspecified atom stereocenters. The number of carbonyl (C=O) groups excluding carboxylic acids is 1. The van der Waals surface area contributed by atoms with Crippen LogP contribution in [-0.4, -0.2) is 5.91 Å². The summed E-state index contributed by atoms with van der Waals surface area (Å²) >= 11 is 5.28. The number of alkyl halides is 6. The molecule has 0 aliphatic heterocycles. The SMILES string of the molecule is NC(=O)c1cc(C(F)(F)F)c(C(F)(F)F)cc1Cl. The Balaban J connectivity index is 3.64. The normalized spacial score (nSPS) is 12.6. The quantitative estimate of drug-likeness (QED) is 0.791. The number of nitrogens with two attached hydrogens (primary N) is 1. The Morgan fingerprint density at radius 2 is 1.39 bits per heavy atom. The van der Waals surface area contributed by atoms with Crippen molar-refractivity contribution in [2.24, 2.45) is 5.73 Å². The smallest absolute Gasteiger partial charge is 0.366 e. The molecular formula is C9H4ClF6NO. The van der Waals surface area contributed by atoms with Crippen LogP contribution in [0.15, 0.2) is 12.1 Å². The number of hydrogen-bond donors (Lipinski definition) is 1. The zero-order valence-electron chi connectivity index (χ0n) is 8.29. The average molecular weight is 292 g/mol. The fourth-order valence-electron chi connectivity index (χ4n) is 1.23. The van der Waals surface area contributed by atoms with E-state index in [9.17, 15) is 31.1 Å². The number of rotatable bonds is 1. The number of hydrogen-bond acceptors (Lipinski definition) is 1. The lowest BCUT2D eigenvalue weighted by molar-refractivity contribution is -0.162. The van der Waals surface area contributed by atoms with Gasteiger partial charge in [-0.15, -0.1) is 0 Å². The number of primary amides is 1. The zero-order valence-corrected chi connectivity index (χ0v) is 9.04. The molecule has 0 heterocycles. The number of amides is 1. The molecule has 0 aliphatic carbocycles. The molecule has 1 aromatic carbocycles. The van der Waals surface area contributed by atoms with E-state index in [0.29, 0.717) is 0 Å². The Morgan fingerprint density at radius 1 is 1.00 bits per heavy atom. The van der Waals surface area contributed by atoms with Gasteiger partial charge >= 0.3 is 12.4 Å². The molecule has 100 valence electrons. The van der Waals surface area contributed by atoms with E-state index in [-0.39, 0.29) is 12.1 Å². The first-order valence-electron chi connectivity index (χ1n) is 4.22. The summed E-state index contributed by atoms with van der Waals surface area (Å²) in [6.07, 6.45) is -10.5. The van der Waals surface area contributed by atoms with Gasteiger partial charge in [0, 0.05) is 0 Å². The summed E-state index contributed by atoms with van der Waals surface area (Å²) in [5.41, 5.74) is -0.0822. The van der Waals surface area contributed by atoms with Gasteiger partial charge in [0.2, 0.25) is 5.91 Å². The maximum absolute atomic E-state index is 12.5. The molecule has 0 saturated carbocycles. The van der Waals surface area contributed by atoms with Crippen molar-refractivity contribution in [2.45, 2.75) is 12.4 Å². The van der Waals surface area contributed by atoms with Gasteiger partial charge in [-0.05, 0) is 12.1 Å². The molecule has 2 N–H and O–H groups in total. The Kier molecular flexibility index (Phi) is 3.53. The molecule has 18 heavy (non-hydrogen) atoms. The van der Waals surface area contributed by atoms with Crippen molar-refractivity contribution in [3.8, 4) is 0 Å². The fraction of sp³-hybridized carbons (Fsp3) is 0.222. The summed E-state index contributed by atoms with van der Waals surface area (Å²) < 4.78 is 74.6. The van der Waals surface area contributed by atoms with Crippen molar-refractivity contribution < 1.29 is 31.1 Å². The number of halogens is 7. The summed E-state index contributed by atoms with van der Waals surface area (Å²) in [5, 5.41) is -0.789. The van der Waals surface area contributed by atoms with Crippen molar-refractivity contribution in [3.05, 3.63) is 33.8 Å². The van der Waals surface area contributed by atoms with E-state index in [1.54, 1.807) is 0 Å². The molecule has 9 heteroatoms. The van der Waals surface area contributed by atoms with Gasteiger partial charge in [0.15, 0.2) is 0 Å². The first-order chi connectivity index (χ1) is 7.94. The Labute approximate surface area is 101 Å². The molecule has 2 nitrogen and oxygen atoms in total. The van der Waals surface area contributed by atoms with Crippen LogP contribution in [0.1, 0.15) is 21.5 Å². The summed E-state index contributed by atoms with van der Waals surface area (Å²) in [7, 11) is 0. The molecule has 0 spiro atoms. The molecule has 0 radical (unpaired) electrons. The Bertz CT molecular complexity index is 493. The van der Waals surface area contributed by atoms with Gasteiger partial charge in [0.05, 0.1) is 21.7 Å². The lowest BCUT2D eigenvalue weighted by Crippen LogP contribution is -2.20. The van der Waals surface area contributed by atoms with Crippen molar-refractivity contribution in [3.63, 3.8) is 0 Å². The van der Waals surface area contributed by atoms with Crippen LogP contribution >= 0.6 is 11.6 Å². The predicted octanol–water partition coefficient (Wildman–Crippen LogP) is 3.48. The van der Waals surface area contributed by atoms with Crippen molar-refractivity contribution >= 4 is 17.5 Å². The van der Waals surface area contributed by atoms with Crippen LogP contribution in [0.25, 0.3) is 0 Å². The Morgan fingerprint density at radius 3 is 1.72 bits per heavy atom. The van der Waals surface area contributed by atoms with E-state index in [1.807, 2.05) is 0 Å². The average Bonchev–Trinajstić information content (AvgIpc) is 2.13. The van der Waals surface area contributed by atoms with Crippen LogP contribution in [0.4, 0.5) is 26.3 Å². The maximum Gasteiger partial charge on any atom is 0.417 e. The van der Waals surface area contributed by atoms with Crippen LogP contribution in [-0.2, 0) is 12.4 Å². The van der Waals surface area contributed by atoms with Gasteiger partial charge in [-0.1, -0.05) is 11.6 Å². The van der Waals surface area contributed by atoms with Crippen LogP contribution in [0, 0.1) is 0 Å². The predicted molar refractivity (Wildman–Crippen MR) is 50.0 cm³/mol. The minimum absolute atomic E-state index is 0.00646. The first-order valence-corrected chi connectivity index (χ1v) is 4.60. The second kappa shape index (κ2) is 4.34. The highest BCUT2D eigenvalue weighted by Crippen LogP contribution is 2.42. The minimum Gasteiger partial charge on any atom is -0.366 e. The zero-order chi connectivity index (χ0) is 14.3. The highest BCUT2D eigenvalue weighted by atomic mass is 35.5. The van der Waals surface area contributed by atoms with Gasteiger partial charge in [-0.3, -0.25) is 4.79 Å². The molecule has 1 aromatic rings. The largest absolute Gasteiger partial charge is 0.417 e. The highest BCUT2D eigenvalue weighted by Gasteiger charge is 2.44. The molecule has 0 bridgehead atoms. The third kappa shape index (κ3) is 2.87. The van der Waals surface area contributed by atoms with E-state index in [4.69, 9.17) is 17.3 Å². The fourth-order valence-corrected chi connectivity index (χ4v) is 1.49. The topological polar surface area (TPSA) is 43.1 Å². The van der Waals surface area contributed by atoms with Crippen molar-refractivity contribution in [1.82, 2.24) is 0 Å². The Hall–Kier alpha value is -1.44. The first kappa shape index (κ1) is 14.6. The number of carbonyl (C=O) groups is 1. The highest BCUT2D eigenvalue weighted by molar-refractivity contribution is 6.33. The third-order valence-electron chi connectivity index (χ3n) is 1.98. The third-order valence-corrected chi connectivity index (χ3v) is 2.30. The van der Waals surface area contributed by atoms with Gasteiger partial charge in [0.1, 0.15) is 0 Å². The van der Waals surface area contributed by atoms with Gasteiger partial charge in [-0.2, -0.15) is 26.3 Å². The number of benzene rings is 1. The van der Waals surface area contributed by atoms with Crippen LogP contribution < -0.4 is 5.73 Å². The van der Waals surface area contributed by atoms with Gasteiger partial charge in [0.25, 0.3) is 0 Å². The van der Waals surface area contributed by atoms with E-state index >= 15 is 0 Å². The molecular weight excluding hydrogens is 288 g/mol. The molecule has 0 aliphatic rings. The summed E-state index contributed by atoms with van der Waals surface area (Å²) in [4.78, 5) is 10.8. The molecule has 0 aromatic heterocycles. The van der Waals surface area contributed by atoms with E-state index in [0.717, 1.165) is 0 Å². The van der Waals surface area contributed by atoms with E-state index in [1.165, 1.54) is 0 Å². The van der Waals surface area contributed by atoms with Crippen molar-refractivity contribution in [1.29, 1.82) is 0 Å². The monoisotopic (exact) mass is 291 g/mol. The van der Waals surface area contributed by atoms with Crippen LogP contribution in [0.2, 0.25) is 5.02 Å². The molecule has 1 rings (SSSR count). The summed E-state index contributed by atoms with van der Waals surface area (Å²) in [6.45, 7) is 0. The lowest BCUT2D eigenvalue weighted by atomic mass is 10.0. The molecule has 0 saturated heterocycles. The summed E-state index contributed by atoms with van der Waals surface area (Å²) in [5.74, 6) is -1.35. The molecule has 1 amide bonds. The van der Waals surface area contributed by atoms with Crippen LogP contribution in [0.3, 0.4) is 0 Å². The second-order valence-electron chi connectivity index (χ2n) is 3.24. The van der Waals surface area contributed by atoms with Crippen molar-refractivity contribution in [2.75, 3.05) is 0 Å². The standard InChI is InChI=1S/C9H4ClF6NO/c10-6-2-5(9(14,15)16)4(8(11,12)13)1-3(6)7(17)18/h1-2H,(H2,17,18). The van der Waals surface area contributed by atoms with Gasteiger partial charge in [-0.25, -0.2) is 0 Å². The van der Waals surface area contributed by atoms with E-state index in [2.05, 4.69) is 0 Å². The van der Waals surface area contributed by atoms with Crippen LogP contribution in [0.5, 0.6) is 0 Å². The molecule has 0 atom stereocenters. The lowest BCUT2D eigenvalue weighted by Gasteiger charge is -2.16. The minimum atomic E-state index is -5.28. The van der Waals surface area contributed by atoms with Gasteiger partial charge < -0.3 is 5.73 Å². The summed E-state index contributed by atoms with van der Waals surface area (Å²) in [6, 6.07) is 0.0258. The molecule has 0 fully saturated rings. The van der Waals surface area contributed by atoms with E-state index < -0.39 is 40.0 Å². The maximum atomic E-state index is 12.5.